The van der Waals surface area contributed by atoms with Crippen LogP contribution in [-0.4, -0.2) is 6.04 Å². The molecular weight excluding hydrogens is 196 g/mol. The Balaban J connectivity index is 3.21. The van der Waals surface area contributed by atoms with Crippen LogP contribution in [0.2, 0.25) is 0 Å². The molecule has 2 unspecified atom stereocenters. The molecule has 4 N–H and O–H groups in total. The molecular formula is C11H19ClN2. The van der Waals surface area contributed by atoms with Crippen LogP contribution < -0.4 is 11.5 Å². The monoisotopic (exact) mass is 214 g/mol. The van der Waals surface area contributed by atoms with E-state index in [1.807, 2.05) is 6.08 Å². The molecule has 0 aromatic rings. The van der Waals surface area contributed by atoms with E-state index in [1.165, 1.54) is 0 Å². The SMILES string of the molecule is CCC1=C(Cl)C(C)(CC)C(N)C=C1N. The van der Waals surface area contributed by atoms with E-state index in [1.54, 1.807) is 0 Å². The second kappa shape index (κ2) is 3.95. The van der Waals surface area contributed by atoms with Gasteiger partial charge in [-0.2, -0.15) is 0 Å². The van der Waals surface area contributed by atoms with Gasteiger partial charge in [-0.15, -0.1) is 0 Å². The van der Waals surface area contributed by atoms with E-state index >= 15 is 0 Å². The summed E-state index contributed by atoms with van der Waals surface area (Å²) in [5.74, 6) is 0. The summed E-state index contributed by atoms with van der Waals surface area (Å²) in [5, 5.41) is 0.843. The van der Waals surface area contributed by atoms with Crippen molar-refractivity contribution in [2.75, 3.05) is 0 Å². The summed E-state index contributed by atoms with van der Waals surface area (Å²) >= 11 is 6.36. The second-order valence-electron chi connectivity index (χ2n) is 4.06. The van der Waals surface area contributed by atoms with E-state index < -0.39 is 0 Å². The number of allylic oxidation sites excluding steroid dienone is 1. The van der Waals surface area contributed by atoms with Gasteiger partial charge < -0.3 is 11.5 Å². The lowest BCUT2D eigenvalue weighted by Gasteiger charge is -2.37. The van der Waals surface area contributed by atoms with Gasteiger partial charge in [0, 0.05) is 22.2 Å². The predicted molar refractivity (Wildman–Crippen MR) is 61.8 cm³/mol. The maximum atomic E-state index is 6.36. The van der Waals surface area contributed by atoms with Crippen molar-refractivity contribution in [2.45, 2.75) is 39.7 Å². The Labute approximate surface area is 91.0 Å². The standard InChI is InChI=1S/C11H19ClN2/c1-4-7-8(13)6-9(14)11(3,5-2)10(7)12/h6,9H,4-5,13-14H2,1-3H3. The van der Waals surface area contributed by atoms with E-state index in [0.29, 0.717) is 0 Å². The quantitative estimate of drug-likeness (QED) is 0.742. The molecule has 80 valence electrons. The molecule has 2 nitrogen and oxygen atoms in total. The fourth-order valence-electron chi connectivity index (χ4n) is 1.85. The Morgan fingerprint density at radius 1 is 1.50 bits per heavy atom. The Hall–Kier alpha value is -0.470. The van der Waals surface area contributed by atoms with Gasteiger partial charge in [0.15, 0.2) is 0 Å². The normalized spacial score (nSPS) is 33.2. The van der Waals surface area contributed by atoms with Crippen molar-refractivity contribution in [3.63, 3.8) is 0 Å². The first-order valence-electron chi connectivity index (χ1n) is 5.09. The molecule has 0 aliphatic heterocycles. The lowest BCUT2D eigenvalue weighted by Crippen LogP contribution is -2.41. The van der Waals surface area contributed by atoms with E-state index in [4.69, 9.17) is 23.1 Å². The fraction of sp³-hybridized carbons (Fsp3) is 0.636. The van der Waals surface area contributed by atoms with Gasteiger partial charge in [-0.25, -0.2) is 0 Å². The first-order valence-corrected chi connectivity index (χ1v) is 5.47. The molecule has 0 heterocycles. The van der Waals surface area contributed by atoms with Crippen molar-refractivity contribution >= 4 is 11.6 Å². The molecule has 0 fully saturated rings. The molecule has 2 atom stereocenters. The van der Waals surface area contributed by atoms with E-state index in [-0.39, 0.29) is 11.5 Å². The highest BCUT2D eigenvalue weighted by atomic mass is 35.5. The molecule has 0 aromatic carbocycles. The Bertz CT molecular complexity index is 294. The summed E-state index contributed by atoms with van der Waals surface area (Å²) in [6.07, 6.45) is 3.72. The summed E-state index contributed by atoms with van der Waals surface area (Å²) in [6.45, 7) is 6.26. The van der Waals surface area contributed by atoms with E-state index in [9.17, 15) is 0 Å². The minimum Gasteiger partial charge on any atom is -0.399 e. The van der Waals surface area contributed by atoms with Gasteiger partial charge in [-0.1, -0.05) is 32.4 Å². The van der Waals surface area contributed by atoms with Crippen LogP contribution >= 0.6 is 11.6 Å². The summed E-state index contributed by atoms with van der Waals surface area (Å²) < 4.78 is 0. The first kappa shape index (κ1) is 11.6. The van der Waals surface area contributed by atoms with Gasteiger partial charge in [0.25, 0.3) is 0 Å². The van der Waals surface area contributed by atoms with Gasteiger partial charge in [0.2, 0.25) is 0 Å². The van der Waals surface area contributed by atoms with Crippen LogP contribution in [0.4, 0.5) is 0 Å². The molecule has 0 bridgehead atoms. The summed E-state index contributed by atoms with van der Waals surface area (Å²) in [6, 6.07) is -0.0738. The Morgan fingerprint density at radius 2 is 2.07 bits per heavy atom. The summed E-state index contributed by atoms with van der Waals surface area (Å²) in [4.78, 5) is 0. The predicted octanol–water partition coefficient (Wildman–Crippen LogP) is 2.49. The topological polar surface area (TPSA) is 52.0 Å². The smallest absolute Gasteiger partial charge is 0.0351 e. The molecule has 0 radical (unpaired) electrons. The molecule has 0 amide bonds. The van der Waals surface area contributed by atoms with Gasteiger partial charge in [0.05, 0.1) is 0 Å². The maximum Gasteiger partial charge on any atom is 0.0351 e. The van der Waals surface area contributed by atoms with Crippen molar-refractivity contribution in [2.24, 2.45) is 16.9 Å². The van der Waals surface area contributed by atoms with Crippen LogP contribution in [0, 0.1) is 5.41 Å². The van der Waals surface area contributed by atoms with Crippen LogP contribution in [0.25, 0.3) is 0 Å². The molecule has 0 aromatic heterocycles. The third kappa shape index (κ3) is 1.57. The molecule has 1 aliphatic carbocycles. The maximum absolute atomic E-state index is 6.36. The van der Waals surface area contributed by atoms with Crippen molar-refractivity contribution < 1.29 is 0 Å². The van der Waals surface area contributed by atoms with Crippen LogP contribution in [0.1, 0.15) is 33.6 Å². The highest BCUT2D eigenvalue weighted by Gasteiger charge is 2.37. The zero-order valence-corrected chi connectivity index (χ0v) is 9.86. The molecule has 0 spiro atoms. The van der Waals surface area contributed by atoms with Crippen molar-refractivity contribution in [3.05, 3.63) is 22.4 Å². The minimum absolute atomic E-state index is 0.0738. The lowest BCUT2D eigenvalue weighted by molar-refractivity contribution is 0.347. The van der Waals surface area contributed by atoms with Crippen LogP contribution in [0.5, 0.6) is 0 Å². The van der Waals surface area contributed by atoms with Crippen LogP contribution in [0.3, 0.4) is 0 Å². The molecule has 3 heteroatoms. The minimum atomic E-state index is -0.143. The molecule has 0 saturated heterocycles. The van der Waals surface area contributed by atoms with E-state index in [2.05, 4.69) is 20.8 Å². The number of hydrogen-bond acceptors (Lipinski definition) is 2. The van der Waals surface area contributed by atoms with Gasteiger partial charge in [0.1, 0.15) is 0 Å². The largest absolute Gasteiger partial charge is 0.399 e. The number of hydrogen-bond donors (Lipinski definition) is 2. The fourth-order valence-corrected chi connectivity index (χ4v) is 2.35. The molecule has 1 aliphatic rings. The van der Waals surface area contributed by atoms with Gasteiger partial charge >= 0.3 is 0 Å². The summed E-state index contributed by atoms with van der Waals surface area (Å²) in [5.41, 5.74) is 13.6. The van der Waals surface area contributed by atoms with E-state index in [0.717, 1.165) is 29.1 Å². The number of nitrogens with two attached hydrogens (primary N) is 2. The molecule has 14 heavy (non-hydrogen) atoms. The van der Waals surface area contributed by atoms with Gasteiger partial charge in [-0.05, 0) is 24.5 Å². The van der Waals surface area contributed by atoms with Crippen molar-refractivity contribution in [1.82, 2.24) is 0 Å². The first-order chi connectivity index (χ1) is 6.47. The second-order valence-corrected chi connectivity index (χ2v) is 4.44. The molecule has 1 rings (SSSR count). The van der Waals surface area contributed by atoms with Crippen LogP contribution in [-0.2, 0) is 0 Å². The zero-order valence-electron chi connectivity index (χ0n) is 9.10. The Kier molecular flexibility index (Phi) is 3.28. The van der Waals surface area contributed by atoms with Gasteiger partial charge in [-0.3, -0.25) is 0 Å². The highest BCUT2D eigenvalue weighted by molar-refractivity contribution is 6.31. The number of halogens is 1. The third-order valence-electron chi connectivity index (χ3n) is 3.30. The average Bonchev–Trinajstić information content (AvgIpc) is 2.15. The third-order valence-corrected chi connectivity index (χ3v) is 3.96. The Morgan fingerprint density at radius 3 is 2.50 bits per heavy atom. The number of rotatable bonds is 2. The molecule has 0 saturated carbocycles. The van der Waals surface area contributed by atoms with Crippen molar-refractivity contribution in [3.8, 4) is 0 Å². The average molecular weight is 215 g/mol. The van der Waals surface area contributed by atoms with Crippen LogP contribution in [0.15, 0.2) is 22.4 Å². The highest BCUT2D eigenvalue weighted by Crippen LogP contribution is 2.43. The zero-order chi connectivity index (χ0) is 10.9. The summed E-state index contributed by atoms with van der Waals surface area (Å²) in [7, 11) is 0. The van der Waals surface area contributed by atoms with Crippen molar-refractivity contribution in [1.29, 1.82) is 0 Å². The lowest BCUT2D eigenvalue weighted by atomic mass is 9.74.